The highest BCUT2D eigenvalue weighted by atomic mass is 32.2. The molecule has 0 unspecified atom stereocenters. The number of hydrogen-bond donors (Lipinski definition) is 1. The number of ketones is 1. The molecule has 0 bridgehead atoms. The van der Waals surface area contributed by atoms with Crippen LogP contribution in [0.15, 0.2) is 84.0 Å². The minimum absolute atomic E-state index is 0.0304. The first-order valence-electron chi connectivity index (χ1n) is 11.1. The fourth-order valence-corrected chi connectivity index (χ4v) is 4.42. The van der Waals surface area contributed by atoms with Gasteiger partial charge in [0.15, 0.2) is 10.9 Å². The summed E-state index contributed by atoms with van der Waals surface area (Å²) < 4.78 is 1.96. The molecular weight excluding hydrogens is 444 g/mol. The van der Waals surface area contributed by atoms with Gasteiger partial charge < -0.3 is 5.32 Å². The van der Waals surface area contributed by atoms with Gasteiger partial charge in [0.1, 0.15) is 5.82 Å². The molecule has 1 N–H and O–H groups in total. The van der Waals surface area contributed by atoms with Crippen LogP contribution in [0.2, 0.25) is 0 Å². The molecule has 6 nitrogen and oxygen atoms in total. The average Bonchev–Trinajstić information content (AvgIpc) is 3.26. The van der Waals surface area contributed by atoms with Gasteiger partial charge >= 0.3 is 0 Å². The van der Waals surface area contributed by atoms with E-state index >= 15 is 0 Å². The number of nitrogens with zero attached hydrogens (tertiary/aromatic N) is 3. The van der Waals surface area contributed by atoms with Crippen LogP contribution in [0.5, 0.6) is 0 Å². The van der Waals surface area contributed by atoms with Crippen molar-refractivity contribution < 1.29 is 9.59 Å². The van der Waals surface area contributed by atoms with Gasteiger partial charge in [0, 0.05) is 31.1 Å². The fourth-order valence-electron chi connectivity index (χ4n) is 3.55. The van der Waals surface area contributed by atoms with E-state index in [2.05, 4.69) is 15.5 Å². The third-order valence-corrected chi connectivity index (χ3v) is 6.29. The van der Waals surface area contributed by atoms with Crippen molar-refractivity contribution in [3.05, 3.63) is 95.8 Å². The van der Waals surface area contributed by atoms with E-state index in [-0.39, 0.29) is 17.4 Å². The number of benzene rings is 3. The molecule has 0 aliphatic heterocycles. The Labute approximate surface area is 203 Å². The Hall–Kier alpha value is -3.71. The molecule has 172 valence electrons. The van der Waals surface area contributed by atoms with E-state index in [1.807, 2.05) is 90.4 Å². The number of thioether (sulfide) groups is 1. The third kappa shape index (κ3) is 5.80. The quantitative estimate of drug-likeness (QED) is 0.278. The first kappa shape index (κ1) is 23.4. The van der Waals surface area contributed by atoms with Gasteiger partial charge in [-0.15, -0.1) is 10.2 Å². The molecule has 3 aromatic carbocycles. The molecule has 0 aliphatic carbocycles. The summed E-state index contributed by atoms with van der Waals surface area (Å²) in [4.78, 5) is 24.1. The fraction of sp³-hybridized carbons (Fsp3) is 0.185. The Morgan fingerprint density at radius 1 is 0.882 bits per heavy atom. The smallest absolute Gasteiger partial charge is 0.216 e. The molecule has 4 rings (SSSR count). The molecule has 0 spiro atoms. The van der Waals surface area contributed by atoms with Crippen LogP contribution in [0, 0.1) is 6.92 Å². The van der Waals surface area contributed by atoms with E-state index in [0.717, 1.165) is 28.2 Å². The van der Waals surface area contributed by atoms with Crippen molar-refractivity contribution in [1.29, 1.82) is 0 Å². The largest absolute Gasteiger partial charge is 0.356 e. The zero-order valence-corrected chi connectivity index (χ0v) is 20.0. The summed E-state index contributed by atoms with van der Waals surface area (Å²) in [6, 6.07) is 25.8. The van der Waals surface area contributed by atoms with Crippen LogP contribution < -0.4 is 5.32 Å². The molecule has 0 fully saturated rings. The van der Waals surface area contributed by atoms with Gasteiger partial charge in [0.25, 0.3) is 0 Å². The number of carbonyl (C=O) groups is 2. The monoisotopic (exact) mass is 470 g/mol. The van der Waals surface area contributed by atoms with Crippen molar-refractivity contribution in [2.24, 2.45) is 0 Å². The summed E-state index contributed by atoms with van der Waals surface area (Å²) in [6.45, 7) is 3.99. The van der Waals surface area contributed by atoms with E-state index in [1.165, 1.54) is 18.7 Å². The highest BCUT2D eigenvalue weighted by Crippen LogP contribution is 2.25. The number of carbonyl (C=O) groups excluding carboxylic acids is 2. The summed E-state index contributed by atoms with van der Waals surface area (Å²) in [5, 5.41) is 12.1. The Morgan fingerprint density at radius 3 is 2.24 bits per heavy atom. The van der Waals surface area contributed by atoms with E-state index in [9.17, 15) is 9.59 Å². The number of nitrogens with one attached hydrogen (secondary N) is 1. The van der Waals surface area contributed by atoms with Crippen LogP contribution in [0.1, 0.15) is 28.7 Å². The molecule has 34 heavy (non-hydrogen) atoms. The predicted octanol–water partition coefficient (Wildman–Crippen LogP) is 4.90. The van der Waals surface area contributed by atoms with Gasteiger partial charge in [0.2, 0.25) is 5.91 Å². The van der Waals surface area contributed by atoms with Gasteiger partial charge in [0.05, 0.1) is 5.75 Å². The molecule has 0 radical (unpaired) electrons. The zero-order valence-electron chi connectivity index (χ0n) is 19.2. The number of hydrogen-bond acceptors (Lipinski definition) is 5. The van der Waals surface area contributed by atoms with Crippen molar-refractivity contribution in [3.8, 4) is 16.8 Å². The molecule has 0 saturated heterocycles. The van der Waals surface area contributed by atoms with Crippen molar-refractivity contribution in [2.45, 2.75) is 25.4 Å². The Morgan fingerprint density at radius 2 is 1.56 bits per heavy atom. The highest BCUT2D eigenvalue weighted by Gasteiger charge is 2.16. The normalized spacial score (nSPS) is 10.8. The van der Waals surface area contributed by atoms with E-state index < -0.39 is 0 Å². The second kappa shape index (κ2) is 10.9. The maximum atomic E-state index is 12.9. The lowest BCUT2D eigenvalue weighted by Crippen LogP contribution is -2.23. The standard InChI is InChI=1S/C27H26N4O2S/c1-19-8-14-24(15-9-19)31-26(16-17-28-20(2)32)29-30-27(31)34-18-25(33)23-12-10-22(11-13-23)21-6-4-3-5-7-21/h3-15H,16-18H2,1-2H3,(H,28,32). The molecule has 1 aromatic heterocycles. The van der Waals surface area contributed by atoms with Crippen LogP contribution in [-0.4, -0.2) is 38.8 Å². The summed E-state index contributed by atoms with van der Waals surface area (Å²) in [7, 11) is 0. The molecule has 7 heteroatoms. The number of Topliss-reactive ketones (excluding diaryl/α,β-unsaturated/α-hetero) is 1. The molecule has 1 heterocycles. The van der Waals surface area contributed by atoms with E-state index in [4.69, 9.17) is 0 Å². The minimum atomic E-state index is -0.0834. The second-order valence-corrected chi connectivity index (χ2v) is 8.90. The Bertz CT molecular complexity index is 1270. The van der Waals surface area contributed by atoms with Gasteiger partial charge in [-0.05, 0) is 30.2 Å². The lowest BCUT2D eigenvalue weighted by Gasteiger charge is -2.11. The zero-order chi connectivity index (χ0) is 23.9. The van der Waals surface area contributed by atoms with Crippen molar-refractivity contribution in [1.82, 2.24) is 20.1 Å². The molecule has 0 saturated carbocycles. The number of rotatable bonds is 9. The van der Waals surface area contributed by atoms with Gasteiger partial charge in [-0.1, -0.05) is 84.1 Å². The Kier molecular flexibility index (Phi) is 7.54. The Balaban J connectivity index is 1.49. The number of amides is 1. The second-order valence-electron chi connectivity index (χ2n) is 7.96. The SMILES string of the molecule is CC(=O)NCCc1nnc(SCC(=O)c2ccc(-c3ccccc3)cc2)n1-c1ccc(C)cc1. The molecular formula is C27H26N4O2S. The first-order valence-corrected chi connectivity index (χ1v) is 12.1. The molecule has 0 atom stereocenters. The number of aromatic nitrogens is 3. The van der Waals surface area contributed by atoms with Crippen LogP contribution in [0.3, 0.4) is 0 Å². The minimum Gasteiger partial charge on any atom is -0.356 e. The van der Waals surface area contributed by atoms with Crippen LogP contribution >= 0.6 is 11.8 Å². The van der Waals surface area contributed by atoms with Gasteiger partial charge in [-0.2, -0.15) is 0 Å². The lowest BCUT2D eigenvalue weighted by atomic mass is 10.0. The van der Waals surface area contributed by atoms with Crippen molar-refractivity contribution in [2.75, 3.05) is 12.3 Å². The molecule has 4 aromatic rings. The van der Waals surface area contributed by atoms with Gasteiger partial charge in [-0.3, -0.25) is 14.2 Å². The topological polar surface area (TPSA) is 76.9 Å². The van der Waals surface area contributed by atoms with Crippen LogP contribution in [0.25, 0.3) is 16.8 Å². The molecule has 0 aliphatic rings. The first-order chi connectivity index (χ1) is 16.5. The van der Waals surface area contributed by atoms with Crippen LogP contribution in [-0.2, 0) is 11.2 Å². The highest BCUT2D eigenvalue weighted by molar-refractivity contribution is 7.99. The van der Waals surface area contributed by atoms with Crippen molar-refractivity contribution >= 4 is 23.5 Å². The average molecular weight is 471 g/mol. The van der Waals surface area contributed by atoms with Crippen LogP contribution in [0.4, 0.5) is 0 Å². The summed E-state index contributed by atoms with van der Waals surface area (Å²) >= 11 is 1.36. The third-order valence-electron chi connectivity index (χ3n) is 5.36. The van der Waals surface area contributed by atoms with Gasteiger partial charge in [-0.25, -0.2) is 0 Å². The predicted molar refractivity (Wildman–Crippen MR) is 135 cm³/mol. The summed E-state index contributed by atoms with van der Waals surface area (Å²) in [5.41, 5.74) is 4.94. The number of aryl methyl sites for hydroxylation is 1. The lowest BCUT2D eigenvalue weighted by molar-refractivity contribution is -0.118. The maximum Gasteiger partial charge on any atom is 0.216 e. The summed E-state index contributed by atoms with van der Waals surface area (Å²) in [5.74, 6) is 0.933. The summed E-state index contributed by atoms with van der Waals surface area (Å²) in [6.07, 6.45) is 0.538. The van der Waals surface area contributed by atoms with E-state index in [0.29, 0.717) is 23.7 Å². The molecule has 1 amide bonds. The van der Waals surface area contributed by atoms with Crippen molar-refractivity contribution in [3.63, 3.8) is 0 Å². The maximum absolute atomic E-state index is 12.9. The van der Waals surface area contributed by atoms with E-state index in [1.54, 1.807) is 0 Å².